The summed E-state index contributed by atoms with van der Waals surface area (Å²) >= 11 is 2.11. The summed E-state index contributed by atoms with van der Waals surface area (Å²) < 4.78 is 16.5. The van der Waals surface area contributed by atoms with Gasteiger partial charge in [-0.05, 0) is 46.4 Å². The molecule has 0 aromatic heterocycles. The largest absolute Gasteiger partial charge is 0.465 e. The molecule has 0 saturated heterocycles. The van der Waals surface area contributed by atoms with Gasteiger partial charge in [0.1, 0.15) is 0 Å². The quantitative estimate of drug-likeness (QED) is 0.392. The summed E-state index contributed by atoms with van der Waals surface area (Å²) in [6, 6.07) is 0. The number of hydrogen-bond donors (Lipinski definition) is 0. The maximum atomic E-state index is 12.3. The minimum absolute atomic E-state index is 0.0607. The van der Waals surface area contributed by atoms with Crippen LogP contribution in [-0.4, -0.2) is 38.4 Å². The summed E-state index contributed by atoms with van der Waals surface area (Å²) in [5, 5.41) is 0. The van der Waals surface area contributed by atoms with E-state index < -0.39 is 17.4 Å². The lowest BCUT2D eigenvalue weighted by atomic mass is 9.85. The van der Waals surface area contributed by atoms with Crippen molar-refractivity contribution in [3.63, 3.8) is 0 Å². The van der Waals surface area contributed by atoms with E-state index in [9.17, 15) is 9.59 Å². The molecule has 0 radical (unpaired) electrons. The fourth-order valence-electron chi connectivity index (χ4n) is 2.59. The highest BCUT2D eigenvalue weighted by Gasteiger charge is 2.58. The topological polar surface area (TPSA) is 61.8 Å². The monoisotopic (exact) mass is 396 g/mol. The number of carbonyl (C=O) groups excluding carboxylic acids is 2. The molecular formula is C14H21IO5. The Kier molecular flexibility index (Phi) is 6.44. The van der Waals surface area contributed by atoms with Crippen LogP contribution in [0.4, 0.5) is 0 Å². The molecule has 20 heavy (non-hydrogen) atoms. The summed E-state index contributed by atoms with van der Waals surface area (Å²) in [7, 11) is 1.57. The summed E-state index contributed by atoms with van der Waals surface area (Å²) in [6.07, 6.45) is 0.368. The molecule has 2 atom stereocenters. The van der Waals surface area contributed by atoms with Gasteiger partial charge in [0.15, 0.2) is 5.41 Å². The SMILES string of the molecule is C=C(I)[C@@H]1CC(C(=O)OCC)(C(=O)OCC)C[C@H]1OC. The van der Waals surface area contributed by atoms with Gasteiger partial charge in [-0.3, -0.25) is 9.59 Å². The third-order valence-corrected chi connectivity index (χ3v) is 4.40. The third-order valence-electron chi connectivity index (χ3n) is 3.60. The Labute approximate surface area is 133 Å². The van der Waals surface area contributed by atoms with E-state index in [0.29, 0.717) is 6.42 Å². The molecule has 0 N–H and O–H groups in total. The van der Waals surface area contributed by atoms with Crippen molar-refractivity contribution < 1.29 is 23.8 Å². The molecule has 6 heteroatoms. The van der Waals surface area contributed by atoms with Crippen LogP contribution in [0.3, 0.4) is 0 Å². The van der Waals surface area contributed by atoms with Crippen molar-refractivity contribution in [3.8, 4) is 0 Å². The first-order valence-corrected chi connectivity index (χ1v) is 7.72. The zero-order valence-electron chi connectivity index (χ0n) is 12.1. The van der Waals surface area contributed by atoms with E-state index in [1.807, 2.05) is 0 Å². The highest BCUT2D eigenvalue weighted by atomic mass is 127. The minimum atomic E-state index is -1.27. The van der Waals surface area contributed by atoms with Gasteiger partial charge in [0, 0.05) is 19.4 Å². The minimum Gasteiger partial charge on any atom is -0.465 e. The van der Waals surface area contributed by atoms with Crippen molar-refractivity contribution in [3.05, 3.63) is 10.2 Å². The Morgan fingerprint density at radius 3 is 2.00 bits per heavy atom. The van der Waals surface area contributed by atoms with Gasteiger partial charge >= 0.3 is 11.9 Å². The molecule has 0 unspecified atom stereocenters. The van der Waals surface area contributed by atoms with E-state index in [4.69, 9.17) is 14.2 Å². The summed E-state index contributed by atoms with van der Waals surface area (Å²) in [5.41, 5.74) is -1.27. The summed E-state index contributed by atoms with van der Waals surface area (Å²) in [5.74, 6) is -1.12. The Bertz CT molecular complexity index is 375. The third kappa shape index (κ3) is 3.33. The molecule has 0 heterocycles. The van der Waals surface area contributed by atoms with Crippen LogP contribution in [-0.2, 0) is 23.8 Å². The second-order valence-electron chi connectivity index (χ2n) is 4.76. The molecular weight excluding hydrogens is 375 g/mol. The van der Waals surface area contributed by atoms with E-state index >= 15 is 0 Å². The fourth-order valence-corrected chi connectivity index (χ4v) is 3.21. The Morgan fingerprint density at radius 1 is 1.20 bits per heavy atom. The highest BCUT2D eigenvalue weighted by molar-refractivity contribution is 14.1. The van der Waals surface area contributed by atoms with Crippen LogP contribution < -0.4 is 0 Å². The highest BCUT2D eigenvalue weighted by Crippen LogP contribution is 2.48. The zero-order valence-corrected chi connectivity index (χ0v) is 14.3. The van der Waals surface area contributed by atoms with Gasteiger partial charge < -0.3 is 14.2 Å². The number of methoxy groups -OCH3 is 1. The van der Waals surface area contributed by atoms with Crippen molar-refractivity contribution in [2.24, 2.45) is 11.3 Å². The average Bonchev–Trinajstić information content (AvgIpc) is 2.80. The van der Waals surface area contributed by atoms with E-state index in [0.717, 1.165) is 3.58 Å². The first-order valence-electron chi connectivity index (χ1n) is 6.64. The maximum Gasteiger partial charge on any atom is 0.323 e. The van der Waals surface area contributed by atoms with Gasteiger partial charge in [-0.2, -0.15) is 0 Å². The number of halogens is 1. The molecule has 1 saturated carbocycles. The molecule has 1 aliphatic rings. The van der Waals surface area contributed by atoms with Gasteiger partial charge in [-0.1, -0.05) is 6.58 Å². The van der Waals surface area contributed by atoms with Gasteiger partial charge in [-0.15, -0.1) is 0 Å². The number of rotatable bonds is 6. The lowest BCUT2D eigenvalue weighted by Crippen LogP contribution is -2.40. The molecule has 5 nitrogen and oxygen atoms in total. The first-order chi connectivity index (χ1) is 9.42. The zero-order chi connectivity index (χ0) is 15.3. The lowest BCUT2D eigenvalue weighted by Gasteiger charge is -2.24. The smallest absolute Gasteiger partial charge is 0.323 e. The summed E-state index contributed by atoms with van der Waals surface area (Å²) in [4.78, 5) is 24.6. The average molecular weight is 396 g/mol. The Hall–Kier alpha value is -0.630. The molecule has 0 aromatic rings. The van der Waals surface area contributed by atoms with Gasteiger partial charge in [0.05, 0.1) is 19.3 Å². The van der Waals surface area contributed by atoms with Crippen LogP contribution in [0.15, 0.2) is 10.2 Å². The molecule has 0 aliphatic heterocycles. The van der Waals surface area contributed by atoms with Gasteiger partial charge in [0.25, 0.3) is 0 Å². The first kappa shape index (κ1) is 17.4. The number of ether oxygens (including phenoxy) is 3. The van der Waals surface area contributed by atoms with Gasteiger partial charge in [0.2, 0.25) is 0 Å². The normalized spacial score (nSPS) is 24.2. The molecule has 1 aliphatic carbocycles. The van der Waals surface area contributed by atoms with Crippen molar-refractivity contribution in [2.75, 3.05) is 20.3 Å². The summed E-state index contributed by atoms with van der Waals surface area (Å²) in [6.45, 7) is 7.81. The van der Waals surface area contributed by atoms with Crippen molar-refractivity contribution in [1.82, 2.24) is 0 Å². The van der Waals surface area contributed by atoms with Crippen molar-refractivity contribution >= 4 is 34.5 Å². The van der Waals surface area contributed by atoms with Crippen LogP contribution in [0.1, 0.15) is 26.7 Å². The lowest BCUT2D eigenvalue weighted by molar-refractivity contribution is -0.172. The van der Waals surface area contributed by atoms with Crippen LogP contribution in [0.25, 0.3) is 0 Å². The standard InChI is InChI=1S/C14H21IO5/c1-5-19-12(16)14(13(17)20-6-2)7-10(9(3)15)11(8-14)18-4/h10-11H,3,5-8H2,1-2,4H3/t10-,11+/m0/s1. The molecule has 0 bridgehead atoms. The number of esters is 2. The molecule has 1 rings (SSSR count). The molecule has 114 valence electrons. The van der Waals surface area contributed by atoms with E-state index in [2.05, 4.69) is 29.2 Å². The van der Waals surface area contributed by atoms with E-state index in [-0.39, 0.29) is 31.7 Å². The van der Waals surface area contributed by atoms with Crippen LogP contribution in [0.5, 0.6) is 0 Å². The number of hydrogen-bond acceptors (Lipinski definition) is 5. The predicted octanol–water partition coefficient (Wildman–Crippen LogP) is 2.47. The van der Waals surface area contributed by atoms with Crippen molar-refractivity contribution in [1.29, 1.82) is 0 Å². The fraction of sp³-hybridized carbons (Fsp3) is 0.714. The molecule has 0 amide bonds. The van der Waals surface area contributed by atoms with Crippen molar-refractivity contribution in [2.45, 2.75) is 32.8 Å². The predicted molar refractivity (Wildman–Crippen MR) is 82.4 cm³/mol. The van der Waals surface area contributed by atoms with Crippen LogP contribution in [0.2, 0.25) is 0 Å². The van der Waals surface area contributed by atoms with Crippen LogP contribution in [0, 0.1) is 11.3 Å². The van der Waals surface area contributed by atoms with E-state index in [1.165, 1.54) is 0 Å². The van der Waals surface area contributed by atoms with Gasteiger partial charge in [-0.25, -0.2) is 0 Å². The Morgan fingerprint density at radius 2 is 1.70 bits per heavy atom. The maximum absolute atomic E-state index is 12.3. The molecule has 1 fully saturated rings. The Balaban J connectivity index is 3.10. The second-order valence-corrected chi connectivity index (χ2v) is 6.14. The molecule has 0 aromatic carbocycles. The van der Waals surface area contributed by atoms with Crippen LogP contribution >= 0.6 is 22.6 Å². The number of carbonyl (C=O) groups is 2. The molecule has 0 spiro atoms. The second kappa shape index (κ2) is 7.40. The van der Waals surface area contributed by atoms with E-state index in [1.54, 1.807) is 21.0 Å².